The molecule has 4 nitrogen and oxygen atoms in total. The van der Waals surface area contributed by atoms with Gasteiger partial charge in [-0.05, 0) is 44.6 Å². The SMILES string of the molecule is O=C1CC(NCC2CC=CCC2)C(=O)N1C1CCCC1. The second-order valence-corrected chi connectivity index (χ2v) is 6.36. The van der Waals surface area contributed by atoms with Gasteiger partial charge in [0.25, 0.3) is 0 Å². The summed E-state index contributed by atoms with van der Waals surface area (Å²) in [4.78, 5) is 26.1. The van der Waals surface area contributed by atoms with Crippen molar-refractivity contribution in [1.29, 1.82) is 0 Å². The van der Waals surface area contributed by atoms with Crippen molar-refractivity contribution in [3.63, 3.8) is 0 Å². The summed E-state index contributed by atoms with van der Waals surface area (Å²) >= 11 is 0. The topological polar surface area (TPSA) is 49.4 Å². The first-order valence-corrected chi connectivity index (χ1v) is 8.00. The van der Waals surface area contributed by atoms with E-state index in [4.69, 9.17) is 0 Å². The molecule has 0 aromatic heterocycles. The molecule has 1 saturated heterocycles. The molecule has 0 radical (unpaired) electrons. The summed E-state index contributed by atoms with van der Waals surface area (Å²) in [6.07, 6.45) is 12.5. The molecule has 1 heterocycles. The van der Waals surface area contributed by atoms with Crippen LogP contribution < -0.4 is 5.32 Å². The van der Waals surface area contributed by atoms with Gasteiger partial charge < -0.3 is 5.32 Å². The average molecular weight is 276 g/mol. The maximum atomic E-state index is 12.4. The lowest BCUT2D eigenvalue weighted by molar-refractivity contribution is -0.141. The first kappa shape index (κ1) is 13.8. The minimum atomic E-state index is -0.269. The lowest BCUT2D eigenvalue weighted by Gasteiger charge is -2.23. The monoisotopic (exact) mass is 276 g/mol. The minimum Gasteiger partial charge on any atom is -0.305 e. The van der Waals surface area contributed by atoms with E-state index in [1.807, 2.05) is 0 Å². The quantitative estimate of drug-likeness (QED) is 0.631. The number of allylic oxidation sites excluding steroid dienone is 2. The zero-order chi connectivity index (χ0) is 13.9. The summed E-state index contributed by atoms with van der Waals surface area (Å²) in [5, 5.41) is 3.34. The molecule has 3 aliphatic rings. The largest absolute Gasteiger partial charge is 0.305 e. The second kappa shape index (κ2) is 6.08. The molecule has 1 saturated carbocycles. The average Bonchev–Trinajstić information content (AvgIpc) is 3.06. The van der Waals surface area contributed by atoms with E-state index in [0.717, 1.165) is 45.1 Å². The number of rotatable bonds is 4. The standard InChI is InChI=1S/C16H24N2O2/c19-15-10-14(17-11-12-6-2-1-3-7-12)16(20)18(15)13-8-4-5-9-13/h1-2,12-14,17H,3-11H2. The predicted octanol–water partition coefficient (Wildman–Crippen LogP) is 2.00. The minimum absolute atomic E-state index is 0.0215. The smallest absolute Gasteiger partial charge is 0.247 e. The lowest BCUT2D eigenvalue weighted by atomic mass is 9.94. The number of carbonyl (C=O) groups is 2. The van der Waals surface area contributed by atoms with Crippen molar-refractivity contribution in [2.45, 2.75) is 63.5 Å². The maximum absolute atomic E-state index is 12.4. The first-order chi connectivity index (χ1) is 9.75. The van der Waals surface area contributed by atoms with Crippen molar-refractivity contribution in [3.8, 4) is 0 Å². The van der Waals surface area contributed by atoms with Gasteiger partial charge in [-0.25, -0.2) is 0 Å². The van der Waals surface area contributed by atoms with Crippen LogP contribution in [0.25, 0.3) is 0 Å². The molecule has 2 unspecified atom stereocenters. The highest BCUT2D eigenvalue weighted by atomic mass is 16.2. The molecule has 110 valence electrons. The Bertz CT molecular complexity index is 413. The normalized spacial score (nSPS) is 31.5. The molecule has 1 aliphatic heterocycles. The van der Waals surface area contributed by atoms with E-state index < -0.39 is 0 Å². The number of nitrogens with zero attached hydrogens (tertiary/aromatic N) is 1. The van der Waals surface area contributed by atoms with Crippen molar-refractivity contribution in [2.75, 3.05) is 6.54 Å². The van der Waals surface area contributed by atoms with E-state index in [1.54, 1.807) is 4.90 Å². The van der Waals surface area contributed by atoms with Crippen LogP contribution in [0.3, 0.4) is 0 Å². The molecule has 0 aromatic rings. The number of nitrogens with one attached hydrogen (secondary N) is 1. The van der Waals surface area contributed by atoms with Crippen LogP contribution in [0.2, 0.25) is 0 Å². The molecule has 4 heteroatoms. The molecule has 2 aliphatic carbocycles. The lowest BCUT2D eigenvalue weighted by Crippen LogP contribution is -2.44. The molecule has 0 bridgehead atoms. The van der Waals surface area contributed by atoms with Crippen LogP contribution in [0.5, 0.6) is 0 Å². The Morgan fingerprint density at radius 3 is 2.65 bits per heavy atom. The van der Waals surface area contributed by atoms with Gasteiger partial charge in [-0.1, -0.05) is 25.0 Å². The summed E-state index contributed by atoms with van der Waals surface area (Å²) in [5.74, 6) is 0.666. The van der Waals surface area contributed by atoms with Gasteiger partial charge in [0.15, 0.2) is 0 Å². The van der Waals surface area contributed by atoms with Gasteiger partial charge in [-0.3, -0.25) is 14.5 Å². The molecule has 20 heavy (non-hydrogen) atoms. The van der Waals surface area contributed by atoms with Crippen molar-refractivity contribution in [3.05, 3.63) is 12.2 Å². The molecule has 2 fully saturated rings. The van der Waals surface area contributed by atoms with Gasteiger partial charge in [-0.15, -0.1) is 0 Å². The van der Waals surface area contributed by atoms with Crippen molar-refractivity contribution in [1.82, 2.24) is 10.2 Å². The van der Waals surface area contributed by atoms with Gasteiger partial charge in [0.05, 0.1) is 12.5 Å². The Kier molecular flexibility index (Phi) is 4.20. The fraction of sp³-hybridized carbons (Fsp3) is 0.750. The summed E-state index contributed by atoms with van der Waals surface area (Å²) in [6.45, 7) is 0.854. The second-order valence-electron chi connectivity index (χ2n) is 6.36. The van der Waals surface area contributed by atoms with Crippen LogP contribution in [0.15, 0.2) is 12.2 Å². The van der Waals surface area contributed by atoms with Crippen LogP contribution in [-0.2, 0) is 9.59 Å². The van der Waals surface area contributed by atoms with E-state index in [2.05, 4.69) is 17.5 Å². The zero-order valence-corrected chi connectivity index (χ0v) is 12.0. The van der Waals surface area contributed by atoms with Crippen molar-refractivity contribution in [2.24, 2.45) is 5.92 Å². The van der Waals surface area contributed by atoms with E-state index in [1.165, 1.54) is 6.42 Å². The molecule has 3 rings (SSSR count). The van der Waals surface area contributed by atoms with E-state index >= 15 is 0 Å². The van der Waals surface area contributed by atoms with Gasteiger partial charge in [0, 0.05) is 6.04 Å². The molecular formula is C16H24N2O2. The Morgan fingerprint density at radius 2 is 1.95 bits per heavy atom. The molecule has 1 N–H and O–H groups in total. The highest BCUT2D eigenvalue weighted by Crippen LogP contribution is 2.28. The molecule has 2 atom stereocenters. The first-order valence-electron chi connectivity index (χ1n) is 8.00. The zero-order valence-electron chi connectivity index (χ0n) is 12.0. The Hall–Kier alpha value is -1.16. The number of hydrogen-bond acceptors (Lipinski definition) is 3. The fourth-order valence-electron chi connectivity index (χ4n) is 3.71. The third-order valence-corrected chi connectivity index (χ3v) is 4.90. The summed E-state index contributed by atoms with van der Waals surface area (Å²) in [6, 6.07) is -0.0894. The van der Waals surface area contributed by atoms with Crippen molar-refractivity contribution >= 4 is 11.8 Å². The van der Waals surface area contributed by atoms with Gasteiger partial charge in [0.2, 0.25) is 11.8 Å². The highest BCUT2D eigenvalue weighted by molar-refractivity contribution is 6.05. The van der Waals surface area contributed by atoms with E-state index in [0.29, 0.717) is 12.3 Å². The number of likely N-dealkylation sites (tertiary alicyclic amines) is 1. The van der Waals surface area contributed by atoms with E-state index in [9.17, 15) is 9.59 Å². The third kappa shape index (κ3) is 2.80. The summed E-state index contributed by atoms with van der Waals surface area (Å²) < 4.78 is 0. The summed E-state index contributed by atoms with van der Waals surface area (Å²) in [5.41, 5.74) is 0. The third-order valence-electron chi connectivity index (χ3n) is 4.90. The van der Waals surface area contributed by atoms with Crippen LogP contribution in [-0.4, -0.2) is 35.3 Å². The van der Waals surface area contributed by atoms with E-state index in [-0.39, 0.29) is 23.9 Å². The molecule has 0 spiro atoms. The Morgan fingerprint density at radius 1 is 1.15 bits per heavy atom. The van der Waals surface area contributed by atoms with Crippen LogP contribution in [0.4, 0.5) is 0 Å². The Balaban J connectivity index is 1.54. The molecular weight excluding hydrogens is 252 g/mol. The number of hydrogen-bond donors (Lipinski definition) is 1. The van der Waals surface area contributed by atoms with Crippen LogP contribution in [0, 0.1) is 5.92 Å². The van der Waals surface area contributed by atoms with Crippen molar-refractivity contribution < 1.29 is 9.59 Å². The number of amides is 2. The number of imide groups is 1. The molecule has 0 aromatic carbocycles. The summed E-state index contributed by atoms with van der Waals surface area (Å²) in [7, 11) is 0. The van der Waals surface area contributed by atoms with Crippen LogP contribution in [0.1, 0.15) is 51.4 Å². The van der Waals surface area contributed by atoms with Crippen LogP contribution >= 0.6 is 0 Å². The van der Waals surface area contributed by atoms with Gasteiger partial charge in [-0.2, -0.15) is 0 Å². The van der Waals surface area contributed by atoms with Gasteiger partial charge >= 0.3 is 0 Å². The number of carbonyl (C=O) groups excluding carboxylic acids is 2. The maximum Gasteiger partial charge on any atom is 0.247 e. The Labute approximate surface area is 120 Å². The predicted molar refractivity (Wildman–Crippen MR) is 77.0 cm³/mol. The highest BCUT2D eigenvalue weighted by Gasteiger charge is 2.42. The fourth-order valence-corrected chi connectivity index (χ4v) is 3.71. The molecule has 2 amide bonds. The van der Waals surface area contributed by atoms with Gasteiger partial charge in [0.1, 0.15) is 0 Å².